The fourth-order valence-electron chi connectivity index (χ4n) is 2.42. The number of carbonyl (C=O) groups is 2. The second kappa shape index (κ2) is 7.73. The first-order valence-corrected chi connectivity index (χ1v) is 8.77. The van der Waals surface area contributed by atoms with Crippen molar-refractivity contribution in [3.63, 3.8) is 0 Å². The van der Waals surface area contributed by atoms with Crippen molar-refractivity contribution < 1.29 is 14.5 Å². The number of benzene rings is 2. The Morgan fingerprint density at radius 3 is 2.44 bits per heavy atom. The normalized spacial score (nSPS) is 10.4. The van der Waals surface area contributed by atoms with Gasteiger partial charge >= 0.3 is 0 Å². The molecule has 0 saturated heterocycles. The van der Waals surface area contributed by atoms with Gasteiger partial charge in [-0.15, -0.1) is 0 Å². The summed E-state index contributed by atoms with van der Waals surface area (Å²) in [4.78, 5) is 35.1. The fraction of sp³-hybridized carbons (Fsp3) is 0. The van der Waals surface area contributed by atoms with Crippen LogP contribution in [0.5, 0.6) is 0 Å². The molecule has 0 radical (unpaired) electrons. The topological polar surface area (TPSA) is 94.2 Å². The zero-order valence-electron chi connectivity index (χ0n) is 13.6. The molecule has 1 aromatic heterocycles. The van der Waals surface area contributed by atoms with Crippen LogP contribution in [0, 0.1) is 10.1 Å². The summed E-state index contributed by atoms with van der Waals surface area (Å²) in [6.45, 7) is 0. The van der Waals surface area contributed by atoms with Crippen LogP contribution in [0.4, 0.5) is 11.4 Å². The van der Waals surface area contributed by atoms with E-state index in [4.69, 9.17) is 11.6 Å². The maximum absolute atomic E-state index is 12.6. The van der Waals surface area contributed by atoms with Crippen LogP contribution >= 0.6 is 27.5 Å². The highest BCUT2D eigenvalue weighted by Crippen LogP contribution is 2.27. The van der Waals surface area contributed by atoms with Crippen LogP contribution in [0.3, 0.4) is 0 Å². The highest BCUT2D eigenvalue weighted by Gasteiger charge is 2.22. The highest BCUT2D eigenvalue weighted by atomic mass is 79.9. The lowest BCUT2D eigenvalue weighted by atomic mass is 10.2. The van der Waals surface area contributed by atoms with E-state index in [0.29, 0.717) is 11.4 Å². The number of nitro benzene ring substituents is 1. The third-order valence-electron chi connectivity index (χ3n) is 3.69. The van der Waals surface area contributed by atoms with E-state index in [-0.39, 0.29) is 16.4 Å². The van der Waals surface area contributed by atoms with E-state index in [9.17, 15) is 19.7 Å². The van der Waals surface area contributed by atoms with Gasteiger partial charge in [0.15, 0.2) is 0 Å². The summed E-state index contributed by atoms with van der Waals surface area (Å²) < 4.78 is 2.25. The van der Waals surface area contributed by atoms with E-state index in [0.717, 1.165) is 4.47 Å². The molecule has 136 valence electrons. The number of nitrogens with zero attached hydrogens (tertiary/aromatic N) is 2. The standard InChI is InChI=1S/C18H11BrClN3O4/c19-11-3-5-12(6-4-11)21-18(25)17(24)16-2-1-9-22(16)15-8-7-13(23(26)27)10-14(15)20/h1-10H,(H,21,25). The molecule has 1 amide bonds. The first-order chi connectivity index (χ1) is 12.9. The van der Waals surface area contributed by atoms with Crippen LogP contribution in [0.25, 0.3) is 5.69 Å². The third-order valence-corrected chi connectivity index (χ3v) is 4.52. The lowest BCUT2D eigenvalue weighted by molar-refractivity contribution is -0.384. The van der Waals surface area contributed by atoms with Crippen molar-refractivity contribution in [2.45, 2.75) is 0 Å². The number of rotatable bonds is 5. The summed E-state index contributed by atoms with van der Waals surface area (Å²) >= 11 is 9.41. The summed E-state index contributed by atoms with van der Waals surface area (Å²) in [5, 5.41) is 13.5. The molecule has 0 fully saturated rings. The summed E-state index contributed by atoms with van der Waals surface area (Å²) in [7, 11) is 0. The largest absolute Gasteiger partial charge is 0.319 e. The lowest BCUT2D eigenvalue weighted by Gasteiger charge is -2.10. The first-order valence-electron chi connectivity index (χ1n) is 7.60. The van der Waals surface area contributed by atoms with Gasteiger partial charge in [0.2, 0.25) is 0 Å². The van der Waals surface area contributed by atoms with E-state index < -0.39 is 16.6 Å². The number of carbonyl (C=O) groups excluding carboxylic acids is 2. The van der Waals surface area contributed by atoms with E-state index in [2.05, 4.69) is 21.2 Å². The molecule has 1 N–H and O–H groups in total. The number of hydrogen-bond acceptors (Lipinski definition) is 4. The zero-order chi connectivity index (χ0) is 19.6. The number of Topliss-reactive ketones (excluding diaryl/α,β-unsaturated/α-hetero) is 1. The van der Waals surface area contributed by atoms with Crippen LogP contribution in [-0.4, -0.2) is 21.2 Å². The molecule has 1 heterocycles. The molecule has 0 saturated carbocycles. The average Bonchev–Trinajstić information content (AvgIpc) is 3.12. The number of ketones is 1. The van der Waals surface area contributed by atoms with E-state index in [1.165, 1.54) is 28.8 Å². The molecule has 0 spiro atoms. The van der Waals surface area contributed by atoms with Crippen molar-refractivity contribution in [3.05, 3.63) is 86.1 Å². The molecule has 7 nitrogen and oxygen atoms in total. The summed E-state index contributed by atoms with van der Waals surface area (Å²) in [6.07, 6.45) is 1.55. The van der Waals surface area contributed by atoms with Crippen molar-refractivity contribution >= 4 is 50.6 Å². The number of nitro groups is 1. The summed E-state index contributed by atoms with van der Waals surface area (Å²) in [6, 6.07) is 13.7. The second-order valence-corrected chi connectivity index (χ2v) is 6.77. The van der Waals surface area contributed by atoms with Crippen LogP contribution in [0.2, 0.25) is 5.02 Å². The predicted molar refractivity (Wildman–Crippen MR) is 105 cm³/mol. The number of non-ortho nitro benzene ring substituents is 1. The zero-order valence-corrected chi connectivity index (χ0v) is 15.9. The minimum Gasteiger partial charge on any atom is -0.319 e. The van der Waals surface area contributed by atoms with Gasteiger partial charge in [-0.3, -0.25) is 19.7 Å². The number of halogens is 2. The van der Waals surface area contributed by atoms with Gasteiger partial charge in [-0.1, -0.05) is 27.5 Å². The van der Waals surface area contributed by atoms with Crippen molar-refractivity contribution in [3.8, 4) is 5.69 Å². The highest BCUT2D eigenvalue weighted by molar-refractivity contribution is 9.10. The number of nitrogens with one attached hydrogen (secondary N) is 1. The number of hydrogen-bond donors (Lipinski definition) is 1. The van der Waals surface area contributed by atoms with E-state index >= 15 is 0 Å². The molecule has 3 aromatic rings. The minimum absolute atomic E-state index is 0.0837. The van der Waals surface area contributed by atoms with Gasteiger partial charge in [0.25, 0.3) is 17.4 Å². The molecule has 0 unspecified atom stereocenters. The van der Waals surface area contributed by atoms with E-state index in [1.807, 2.05) is 0 Å². The van der Waals surface area contributed by atoms with Gasteiger partial charge in [-0.25, -0.2) is 0 Å². The Hall–Kier alpha value is -2.97. The van der Waals surface area contributed by atoms with Crippen molar-refractivity contribution in [1.82, 2.24) is 4.57 Å². The Balaban J connectivity index is 1.88. The Labute approximate surface area is 166 Å². The molecule has 3 rings (SSSR count). The van der Waals surface area contributed by atoms with Gasteiger partial charge in [0.1, 0.15) is 0 Å². The summed E-state index contributed by atoms with van der Waals surface area (Å²) in [5.74, 6) is -1.58. The maximum Gasteiger partial charge on any atom is 0.298 e. The molecule has 0 atom stereocenters. The van der Waals surface area contributed by atoms with Crippen molar-refractivity contribution in [1.29, 1.82) is 0 Å². The SMILES string of the molecule is O=C(Nc1ccc(Br)cc1)C(=O)c1cccn1-c1ccc([N+](=O)[O-])cc1Cl. The molecule has 27 heavy (non-hydrogen) atoms. The van der Waals surface area contributed by atoms with Crippen molar-refractivity contribution in [2.75, 3.05) is 5.32 Å². The minimum atomic E-state index is -0.810. The molecule has 0 aliphatic carbocycles. The quantitative estimate of drug-likeness (QED) is 0.267. The molecular formula is C18H11BrClN3O4. The molecular weight excluding hydrogens is 438 g/mol. The Kier molecular flexibility index (Phi) is 5.38. The van der Waals surface area contributed by atoms with Gasteiger partial charge in [0, 0.05) is 28.5 Å². The van der Waals surface area contributed by atoms with Crippen LogP contribution in [0.1, 0.15) is 10.5 Å². The Bertz CT molecular complexity index is 1050. The smallest absolute Gasteiger partial charge is 0.298 e. The van der Waals surface area contributed by atoms with Gasteiger partial charge in [-0.05, 0) is 42.5 Å². The molecule has 9 heteroatoms. The maximum atomic E-state index is 12.6. The summed E-state index contributed by atoms with van der Waals surface area (Å²) in [5.41, 5.74) is 0.743. The van der Waals surface area contributed by atoms with Gasteiger partial charge < -0.3 is 9.88 Å². The van der Waals surface area contributed by atoms with E-state index in [1.54, 1.807) is 36.5 Å². The molecule has 0 bridgehead atoms. The number of anilines is 1. The monoisotopic (exact) mass is 447 g/mol. The first kappa shape index (κ1) is 18.8. The molecule has 2 aromatic carbocycles. The fourth-order valence-corrected chi connectivity index (χ4v) is 2.95. The molecule has 0 aliphatic rings. The number of amides is 1. The second-order valence-electron chi connectivity index (χ2n) is 5.45. The van der Waals surface area contributed by atoms with Crippen LogP contribution < -0.4 is 5.32 Å². The Morgan fingerprint density at radius 1 is 1.11 bits per heavy atom. The predicted octanol–water partition coefficient (Wildman–Crippen LogP) is 4.62. The Morgan fingerprint density at radius 2 is 1.81 bits per heavy atom. The van der Waals surface area contributed by atoms with Gasteiger partial charge in [-0.2, -0.15) is 0 Å². The van der Waals surface area contributed by atoms with Crippen LogP contribution in [0.15, 0.2) is 65.3 Å². The molecule has 0 aliphatic heterocycles. The van der Waals surface area contributed by atoms with Crippen LogP contribution in [-0.2, 0) is 4.79 Å². The lowest BCUT2D eigenvalue weighted by Crippen LogP contribution is -2.24. The van der Waals surface area contributed by atoms with Crippen molar-refractivity contribution in [2.24, 2.45) is 0 Å². The third kappa shape index (κ3) is 4.07. The number of aromatic nitrogens is 1. The van der Waals surface area contributed by atoms with Gasteiger partial charge in [0.05, 0.1) is 21.3 Å². The average molecular weight is 449 g/mol.